The van der Waals surface area contributed by atoms with E-state index in [9.17, 15) is 5.11 Å². The van der Waals surface area contributed by atoms with Gasteiger partial charge in [0.25, 0.3) is 0 Å². The fourth-order valence-electron chi connectivity index (χ4n) is 3.18. The maximum absolute atomic E-state index is 9.56. The van der Waals surface area contributed by atoms with Gasteiger partial charge in [0.05, 0.1) is 17.1 Å². The quantitative estimate of drug-likeness (QED) is 0.670. The van der Waals surface area contributed by atoms with Crippen molar-refractivity contribution in [3.8, 4) is 5.75 Å². The molecule has 1 unspecified atom stereocenters. The lowest BCUT2D eigenvalue weighted by Gasteiger charge is -2.15. The van der Waals surface area contributed by atoms with Crippen LogP contribution in [0.5, 0.6) is 5.75 Å². The minimum absolute atomic E-state index is 0.307. The second kappa shape index (κ2) is 4.52. The summed E-state index contributed by atoms with van der Waals surface area (Å²) in [4.78, 5) is 7.69. The van der Waals surface area contributed by atoms with Crippen molar-refractivity contribution in [3.63, 3.8) is 0 Å². The number of hydrogen-bond donors (Lipinski definition) is 3. The number of phenolic OH excluding ortho intramolecular Hbond substituents is 1. The Labute approximate surface area is 122 Å². The predicted molar refractivity (Wildman–Crippen MR) is 83.6 cm³/mol. The van der Waals surface area contributed by atoms with E-state index in [4.69, 9.17) is 0 Å². The molecule has 0 spiro atoms. The number of benzene rings is 2. The summed E-state index contributed by atoms with van der Waals surface area (Å²) in [6.07, 6.45) is 2.06. The summed E-state index contributed by atoms with van der Waals surface area (Å²) in [5.41, 5.74) is 5.67. The van der Waals surface area contributed by atoms with Gasteiger partial charge in [0.15, 0.2) is 0 Å². The van der Waals surface area contributed by atoms with E-state index in [0.29, 0.717) is 11.8 Å². The highest BCUT2D eigenvalue weighted by Crippen LogP contribution is 2.35. The Morgan fingerprint density at radius 2 is 2.14 bits per heavy atom. The number of nitrogens with one attached hydrogen (secondary N) is 2. The van der Waals surface area contributed by atoms with Crippen LogP contribution in [0, 0.1) is 6.92 Å². The summed E-state index contributed by atoms with van der Waals surface area (Å²) < 4.78 is 0. The number of aromatic amines is 1. The molecule has 21 heavy (non-hydrogen) atoms. The zero-order valence-corrected chi connectivity index (χ0v) is 11.9. The zero-order valence-electron chi connectivity index (χ0n) is 11.9. The van der Waals surface area contributed by atoms with Crippen LogP contribution < -0.4 is 5.32 Å². The van der Waals surface area contributed by atoms with Crippen LogP contribution in [0.1, 0.15) is 29.4 Å². The zero-order chi connectivity index (χ0) is 14.4. The number of fused-ring (bicyclic) bond motifs is 2. The van der Waals surface area contributed by atoms with E-state index in [0.717, 1.165) is 35.4 Å². The summed E-state index contributed by atoms with van der Waals surface area (Å²) in [5.74, 6) is 1.28. The molecule has 4 nitrogen and oxygen atoms in total. The van der Waals surface area contributed by atoms with E-state index >= 15 is 0 Å². The van der Waals surface area contributed by atoms with Crippen molar-refractivity contribution in [1.82, 2.24) is 9.97 Å². The van der Waals surface area contributed by atoms with Gasteiger partial charge in [-0.15, -0.1) is 0 Å². The highest BCUT2D eigenvalue weighted by molar-refractivity contribution is 5.79. The molecule has 0 saturated heterocycles. The van der Waals surface area contributed by atoms with Crippen molar-refractivity contribution in [2.24, 2.45) is 0 Å². The van der Waals surface area contributed by atoms with E-state index in [1.54, 1.807) is 6.07 Å². The van der Waals surface area contributed by atoms with Gasteiger partial charge in [0.2, 0.25) is 0 Å². The molecule has 0 amide bonds. The van der Waals surface area contributed by atoms with Crippen molar-refractivity contribution in [1.29, 1.82) is 0 Å². The number of nitrogens with zero attached hydrogens (tertiary/aromatic N) is 1. The van der Waals surface area contributed by atoms with E-state index in [2.05, 4.69) is 27.4 Å². The minimum Gasteiger partial charge on any atom is -0.508 e. The number of hydrogen-bond acceptors (Lipinski definition) is 3. The number of rotatable bonds is 2. The predicted octanol–water partition coefficient (Wildman–Crippen LogP) is 3.68. The monoisotopic (exact) mass is 279 g/mol. The minimum atomic E-state index is 0.307. The van der Waals surface area contributed by atoms with E-state index in [1.165, 1.54) is 11.1 Å². The molecular weight excluding hydrogens is 262 g/mol. The standard InChI is InChI=1S/C17H17N3O/c1-10-18-16-7-3-12(9-17(16)19-10)20-15-6-2-11-8-13(21)4-5-14(11)15/h3-5,7-9,15,20-21H,2,6H2,1H3,(H,18,19). The number of aromatic hydroxyl groups is 1. The molecule has 0 radical (unpaired) electrons. The van der Waals surface area contributed by atoms with Gasteiger partial charge >= 0.3 is 0 Å². The first-order valence-electron chi connectivity index (χ1n) is 7.24. The van der Waals surface area contributed by atoms with Crippen LogP contribution in [0.15, 0.2) is 36.4 Å². The van der Waals surface area contributed by atoms with Crippen LogP contribution in [-0.4, -0.2) is 15.1 Å². The van der Waals surface area contributed by atoms with Crippen LogP contribution in [-0.2, 0) is 6.42 Å². The number of aromatic nitrogens is 2. The van der Waals surface area contributed by atoms with Crippen molar-refractivity contribution in [2.45, 2.75) is 25.8 Å². The van der Waals surface area contributed by atoms with Gasteiger partial charge < -0.3 is 15.4 Å². The van der Waals surface area contributed by atoms with E-state index < -0.39 is 0 Å². The third-order valence-electron chi connectivity index (χ3n) is 4.15. The maximum Gasteiger partial charge on any atom is 0.115 e. The molecular formula is C17H17N3O. The molecule has 0 saturated carbocycles. The highest BCUT2D eigenvalue weighted by atomic mass is 16.3. The lowest BCUT2D eigenvalue weighted by Crippen LogP contribution is -2.06. The summed E-state index contributed by atoms with van der Waals surface area (Å²) in [7, 11) is 0. The molecule has 3 N–H and O–H groups in total. The molecule has 0 bridgehead atoms. The van der Waals surface area contributed by atoms with Gasteiger partial charge in [0.1, 0.15) is 11.6 Å². The van der Waals surface area contributed by atoms with E-state index in [-0.39, 0.29) is 0 Å². The summed E-state index contributed by atoms with van der Waals surface area (Å²) >= 11 is 0. The Kier molecular flexibility index (Phi) is 2.64. The average molecular weight is 279 g/mol. The van der Waals surface area contributed by atoms with Crippen molar-refractivity contribution in [3.05, 3.63) is 53.3 Å². The molecule has 4 rings (SSSR count). The van der Waals surface area contributed by atoms with Crippen LogP contribution in [0.2, 0.25) is 0 Å². The SMILES string of the molecule is Cc1nc2ccc(NC3CCc4cc(O)ccc43)cc2[nH]1. The number of aryl methyl sites for hydroxylation is 2. The van der Waals surface area contributed by atoms with Crippen LogP contribution in [0.4, 0.5) is 5.69 Å². The molecule has 0 fully saturated rings. The molecule has 1 atom stereocenters. The third kappa shape index (κ3) is 2.13. The van der Waals surface area contributed by atoms with Crippen molar-refractivity contribution >= 4 is 16.7 Å². The molecule has 3 aromatic rings. The summed E-state index contributed by atoms with van der Waals surface area (Å²) in [6.45, 7) is 1.97. The molecule has 2 aromatic carbocycles. The van der Waals surface area contributed by atoms with Crippen LogP contribution in [0.25, 0.3) is 11.0 Å². The summed E-state index contributed by atoms with van der Waals surface area (Å²) in [6, 6.07) is 12.2. The normalized spacial score (nSPS) is 17.1. The molecule has 1 aromatic heterocycles. The van der Waals surface area contributed by atoms with E-state index in [1.807, 2.05) is 25.1 Å². The van der Waals surface area contributed by atoms with Gasteiger partial charge in [-0.25, -0.2) is 4.98 Å². The molecule has 106 valence electrons. The average Bonchev–Trinajstić information content (AvgIpc) is 3.01. The third-order valence-corrected chi connectivity index (χ3v) is 4.15. The van der Waals surface area contributed by atoms with Gasteiger partial charge in [-0.05, 0) is 61.2 Å². The number of phenols is 1. The second-order valence-electron chi connectivity index (χ2n) is 5.67. The number of imidazole rings is 1. The van der Waals surface area contributed by atoms with Crippen molar-refractivity contribution < 1.29 is 5.11 Å². The lowest BCUT2D eigenvalue weighted by atomic mass is 10.1. The largest absolute Gasteiger partial charge is 0.508 e. The maximum atomic E-state index is 9.56. The van der Waals surface area contributed by atoms with Crippen LogP contribution in [0.3, 0.4) is 0 Å². The van der Waals surface area contributed by atoms with Crippen molar-refractivity contribution in [2.75, 3.05) is 5.32 Å². The Morgan fingerprint density at radius 1 is 1.24 bits per heavy atom. The highest BCUT2D eigenvalue weighted by Gasteiger charge is 2.22. The van der Waals surface area contributed by atoms with Gasteiger partial charge in [-0.1, -0.05) is 6.07 Å². The second-order valence-corrected chi connectivity index (χ2v) is 5.67. The number of H-pyrrole nitrogens is 1. The Bertz CT molecular complexity index is 822. The fourth-order valence-corrected chi connectivity index (χ4v) is 3.18. The lowest BCUT2D eigenvalue weighted by molar-refractivity contribution is 0.474. The Morgan fingerprint density at radius 3 is 3.05 bits per heavy atom. The molecule has 0 aliphatic heterocycles. The van der Waals surface area contributed by atoms with Gasteiger partial charge in [-0.2, -0.15) is 0 Å². The van der Waals surface area contributed by atoms with Crippen LogP contribution >= 0.6 is 0 Å². The first kappa shape index (κ1) is 12.3. The fraction of sp³-hybridized carbons (Fsp3) is 0.235. The first-order chi connectivity index (χ1) is 10.2. The first-order valence-corrected chi connectivity index (χ1v) is 7.24. The van der Waals surface area contributed by atoms with Gasteiger partial charge in [0, 0.05) is 5.69 Å². The molecule has 1 aliphatic rings. The number of anilines is 1. The Hall–Kier alpha value is -2.49. The topological polar surface area (TPSA) is 60.9 Å². The van der Waals surface area contributed by atoms with Gasteiger partial charge in [-0.3, -0.25) is 0 Å². The Balaban J connectivity index is 1.64. The summed E-state index contributed by atoms with van der Waals surface area (Å²) in [5, 5.41) is 13.2. The molecule has 1 heterocycles. The smallest absolute Gasteiger partial charge is 0.115 e. The molecule has 1 aliphatic carbocycles. The molecule has 4 heteroatoms.